The van der Waals surface area contributed by atoms with Gasteiger partial charge in [-0.05, 0) is 47.6 Å². The molecule has 2 aromatic carbocycles. The van der Waals surface area contributed by atoms with E-state index >= 15 is 0 Å². The SMILES string of the molecule is CC(C)C(NC(=O)C1CC1c1ccccc1Cl)c1ccc2c(c1)OCCO2. The van der Waals surface area contributed by atoms with Gasteiger partial charge in [-0.1, -0.05) is 49.7 Å². The van der Waals surface area contributed by atoms with Crippen molar-refractivity contribution < 1.29 is 14.3 Å². The first kappa shape index (κ1) is 18.2. The van der Waals surface area contributed by atoms with E-state index in [1.807, 2.05) is 42.5 Å². The molecule has 3 unspecified atom stereocenters. The Morgan fingerprint density at radius 3 is 2.59 bits per heavy atom. The number of hydrogen-bond donors (Lipinski definition) is 1. The molecular formula is C22H24ClNO3. The van der Waals surface area contributed by atoms with Crippen LogP contribution in [0.15, 0.2) is 42.5 Å². The molecule has 0 aromatic heterocycles. The minimum absolute atomic E-state index is 0.0108. The Morgan fingerprint density at radius 2 is 1.85 bits per heavy atom. The summed E-state index contributed by atoms with van der Waals surface area (Å²) in [5, 5.41) is 3.98. The normalized spacial score (nSPS) is 21.6. The summed E-state index contributed by atoms with van der Waals surface area (Å²) >= 11 is 6.29. The fourth-order valence-electron chi connectivity index (χ4n) is 3.75. The predicted octanol–water partition coefficient (Wildman–Crippen LogP) is 4.73. The number of rotatable bonds is 5. The number of fused-ring (bicyclic) bond motifs is 1. The number of benzene rings is 2. The maximum Gasteiger partial charge on any atom is 0.224 e. The highest BCUT2D eigenvalue weighted by Crippen LogP contribution is 2.50. The lowest BCUT2D eigenvalue weighted by Crippen LogP contribution is -2.33. The summed E-state index contributed by atoms with van der Waals surface area (Å²) in [5.74, 6) is 2.07. The highest BCUT2D eigenvalue weighted by molar-refractivity contribution is 6.31. The van der Waals surface area contributed by atoms with Gasteiger partial charge in [0.15, 0.2) is 11.5 Å². The van der Waals surface area contributed by atoms with Crippen molar-refractivity contribution in [3.8, 4) is 11.5 Å². The summed E-state index contributed by atoms with van der Waals surface area (Å²) in [6.07, 6.45) is 0.849. The molecule has 0 radical (unpaired) electrons. The Labute approximate surface area is 164 Å². The molecule has 1 amide bonds. The zero-order chi connectivity index (χ0) is 19.0. The lowest BCUT2D eigenvalue weighted by molar-refractivity contribution is -0.123. The highest BCUT2D eigenvalue weighted by Gasteiger charge is 2.45. The number of carbonyl (C=O) groups excluding carboxylic acids is 1. The molecule has 0 bridgehead atoms. The Kier molecular flexibility index (Phi) is 5.00. The summed E-state index contributed by atoms with van der Waals surface area (Å²) in [5.41, 5.74) is 2.11. The van der Waals surface area contributed by atoms with E-state index in [1.165, 1.54) is 0 Å². The van der Waals surface area contributed by atoms with E-state index in [9.17, 15) is 4.79 Å². The predicted molar refractivity (Wildman–Crippen MR) is 105 cm³/mol. The smallest absolute Gasteiger partial charge is 0.224 e. The van der Waals surface area contributed by atoms with Crippen LogP contribution in [-0.4, -0.2) is 19.1 Å². The van der Waals surface area contributed by atoms with Gasteiger partial charge in [0.1, 0.15) is 13.2 Å². The molecule has 4 nitrogen and oxygen atoms in total. The molecule has 1 aliphatic heterocycles. The first-order chi connectivity index (χ1) is 13.0. The summed E-state index contributed by atoms with van der Waals surface area (Å²) in [4.78, 5) is 12.9. The fourth-order valence-corrected chi connectivity index (χ4v) is 4.03. The monoisotopic (exact) mass is 385 g/mol. The van der Waals surface area contributed by atoms with Crippen LogP contribution in [0.4, 0.5) is 0 Å². The zero-order valence-electron chi connectivity index (χ0n) is 15.6. The summed E-state index contributed by atoms with van der Waals surface area (Å²) < 4.78 is 11.3. The van der Waals surface area contributed by atoms with Crippen LogP contribution in [0, 0.1) is 11.8 Å². The van der Waals surface area contributed by atoms with Crippen molar-refractivity contribution in [3.05, 3.63) is 58.6 Å². The van der Waals surface area contributed by atoms with Crippen molar-refractivity contribution in [2.24, 2.45) is 11.8 Å². The number of hydrogen-bond acceptors (Lipinski definition) is 3. The van der Waals surface area contributed by atoms with Crippen molar-refractivity contribution in [3.63, 3.8) is 0 Å². The summed E-state index contributed by atoms with van der Waals surface area (Å²) in [7, 11) is 0. The average molecular weight is 386 g/mol. The second-order valence-corrected chi connectivity index (χ2v) is 8.01. The highest BCUT2D eigenvalue weighted by atomic mass is 35.5. The Morgan fingerprint density at radius 1 is 1.11 bits per heavy atom. The van der Waals surface area contributed by atoms with Crippen LogP contribution in [-0.2, 0) is 4.79 Å². The third-order valence-electron chi connectivity index (χ3n) is 5.32. The van der Waals surface area contributed by atoms with E-state index in [1.54, 1.807) is 0 Å². The standard InChI is InChI=1S/C22H24ClNO3/c1-13(2)21(14-7-8-19-20(11-14)27-10-9-26-19)24-22(25)17-12-16(17)15-5-3-4-6-18(15)23/h3-8,11,13,16-17,21H,9-10,12H2,1-2H3,(H,24,25). The molecule has 27 heavy (non-hydrogen) atoms. The minimum atomic E-state index is -0.0687. The number of carbonyl (C=O) groups is 1. The molecule has 2 aliphatic rings. The maximum atomic E-state index is 12.9. The zero-order valence-corrected chi connectivity index (χ0v) is 16.3. The Hall–Kier alpha value is -2.20. The second kappa shape index (κ2) is 7.43. The van der Waals surface area contributed by atoms with E-state index in [4.69, 9.17) is 21.1 Å². The minimum Gasteiger partial charge on any atom is -0.486 e. The van der Waals surface area contributed by atoms with Crippen LogP contribution in [0.2, 0.25) is 5.02 Å². The van der Waals surface area contributed by atoms with Gasteiger partial charge in [-0.15, -0.1) is 0 Å². The van der Waals surface area contributed by atoms with Crippen LogP contribution >= 0.6 is 11.6 Å². The molecule has 1 N–H and O–H groups in total. The molecule has 2 aromatic rings. The van der Waals surface area contributed by atoms with Gasteiger partial charge in [-0.25, -0.2) is 0 Å². The third kappa shape index (κ3) is 3.77. The van der Waals surface area contributed by atoms with E-state index in [2.05, 4.69) is 19.2 Å². The fraction of sp³-hybridized carbons (Fsp3) is 0.409. The van der Waals surface area contributed by atoms with E-state index in [0.29, 0.717) is 13.2 Å². The van der Waals surface area contributed by atoms with E-state index in [0.717, 1.165) is 34.1 Å². The van der Waals surface area contributed by atoms with Gasteiger partial charge in [-0.2, -0.15) is 0 Å². The Bertz CT molecular complexity index is 851. The molecule has 0 saturated heterocycles. The third-order valence-corrected chi connectivity index (χ3v) is 5.67. The molecule has 142 valence electrons. The quantitative estimate of drug-likeness (QED) is 0.809. The van der Waals surface area contributed by atoms with Crippen LogP contribution in [0.1, 0.15) is 43.4 Å². The van der Waals surface area contributed by atoms with Crippen molar-refractivity contribution in [2.45, 2.75) is 32.2 Å². The van der Waals surface area contributed by atoms with E-state index in [-0.39, 0.29) is 29.7 Å². The van der Waals surface area contributed by atoms with Gasteiger partial charge in [0.2, 0.25) is 5.91 Å². The van der Waals surface area contributed by atoms with Gasteiger partial charge in [-0.3, -0.25) is 4.79 Å². The van der Waals surface area contributed by atoms with Gasteiger partial charge < -0.3 is 14.8 Å². The number of amides is 1. The molecule has 3 atom stereocenters. The molecule has 1 aliphatic carbocycles. The van der Waals surface area contributed by atoms with Crippen molar-refractivity contribution in [2.75, 3.05) is 13.2 Å². The number of halogens is 1. The molecule has 1 heterocycles. The summed E-state index contributed by atoms with van der Waals surface area (Å²) in [6, 6.07) is 13.6. The second-order valence-electron chi connectivity index (χ2n) is 7.60. The van der Waals surface area contributed by atoms with E-state index < -0.39 is 0 Å². The Balaban J connectivity index is 1.48. The van der Waals surface area contributed by atoms with Gasteiger partial charge in [0.25, 0.3) is 0 Å². The van der Waals surface area contributed by atoms with Gasteiger partial charge in [0.05, 0.1) is 6.04 Å². The maximum absolute atomic E-state index is 12.9. The molecule has 0 spiro atoms. The number of ether oxygens (including phenoxy) is 2. The summed E-state index contributed by atoms with van der Waals surface area (Å²) in [6.45, 7) is 5.35. The molecule has 5 heteroatoms. The topological polar surface area (TPSA) is 47.6 Å². The van der Waals surface area contributed by atoms with Gasteiger partial charge >= 0.3 is 0 Å². The molecule has 1 fully saturated rings. The van der Waals surface area contributed by atoms with Crippen molar-refractivity contribution in [1.82, 2.24) is 5.32 Å². The lowest BCUT2D eigenvalue weighted by atomic mass is 9.95. The molecule has 4 rings (SSSR count). The van der Waals surface area contributed by atoms with Crippen molar-refractivity contribution >= 4 is 17.5 Å². The lowest BCUT2D eigenvalue weighted by Gasteiger charge is -2.25. The first-order valence-corrected chi connectivity index (χ1v) is 9.86. The average Bonchev–Trinajstić information content (AvgIpc) is 3.46. The van der Waals surface area contributed by atoms with Crippen LogP contribution in [0.5, 0.6) is 11.5 Å². The molecular weight excluding hydrogens is 362 g/mol. The first-order valence-electron chi connectivity index (χ1n) is 9.49. The number of nitrogens with one attached hydrogen (secondary N) is 1. The molecule has 1 saturated carbocycles. The van der Waals surface area contributed by atoms with Gasteiger partial charge in [0, 0.05) is 10.9 Å². The van der Waals surface area contributed by atoms with Crippen LogP contribution < -0.4 is 14.8 Å². The largest absolute Gasteiger partial charge is 0.486 e. The van der Waals surface area contributed by atoms with Crippen LogP contribution in [0.25, 0.3) is 0 Å². The van der Waals surface area contributed by atoms with Crippen LogP contribution in [0.3, 0.4) is 0 Å². The van der Waals surface area contributed by atoms with Crippen molar-refractivity contribution in [1.29, 1.82) is 0 Å².